The third-order valence-electron chi connectivity index (χ3n) is 19.8. The van der Waals surface area contributed by atoms with E-state index in [0.29, 0.717) is 87.3 Å². The second kappa shape index (κ2) is 46.5. The molecule has 630 valence electrons. The lowest BCUT2D eigenvalue weighted by molar-refractivity contribution is -0.141. The number of benzene rings is 6. The molecule has 3 heterocycles. The minimum Gasteiger partial charge on any atom is -0.496 e. The van der Waals surface area contributed by atoms with Gasteiger partial charge in [0.15, 0.2) is 17.1 Å². The van der Waals surface area contributed by atoms with Crippen molar-refractivity contribution in [2.45, 2.75) is 124 Å². The number of hydrogen-bond acceptors (Lipinski definition) is 21. The SMILES string of the molecule is CCC(C)Cn1nc(C(=O)N[C@@H](Cc2ccccc2)C(=O)NCC(=O)OC)cc1-c1c(OC)cccc1OC.CCC(CC)Cn1nc(C(=O)N[C@@H](Cc2ccccc2)C(=O)NCC(=O)OC)cc1-c1c(OC)cccc1OC.COC(=O)CNC(=O)[C@H](Cc1ccccc1)NC(=O)c1cc(-c2c(OC)cccc2OC)n(C(C)C(C)C)n1. The first-order chi connectivity index (χ1) is 56.8. The summed E-state index contributed by atoms with van der Waals surface area (Å²) in [5, 5.41) is 29.9. The second-order valence-corrected chi connectivity index (χ2v) is 27.9. The number of rotatable bonds is 39. The van der Waals surface area contributed by atoms with Gasteiger partial charge in [-0.15, -0.1) is 0 Å². The molecule has 0 spiro atoms. The summed E-state index contributed by atoms with van der Waals surface area (Å²) in [7, 11) is 13.2. The van der Waals surface area contributed by atoms with Crippen LogP contribution in [0.5, 0.6) is 34.5 Å². The van der Waals surface area contributed by atoms with E-state index in [0.717, 1.165) is 36.0 Å². The van der Waals surface area contributed by atoms with Crippen LogP contribution in [0, 0.1) is 17.8 Å². The second-order valence-electron chi connectivity index (χ2n) is 27.9. The van der Waals surface area contributed by atoms with Gasteiger partial charge in [-0.2, -0.15) is 15.3 Å². The molecule has 0 bridgehead atoms. The smallest absolute Gasteiger partial charge is 0.325 e. The Labute approximate surface area is 688 Å². The minimum atomic E-state index is -0.957. The van der Waals surface area contributed by atoms with Crippen molar-refractivity contribution in [2.75, 3.05) is 83.6 Å². The van der Waals surface area contributed by atoms with Gasteiger partial charge in [0.05, 0.1) is 104 Å². The average Bonchev–Trinajstić information content (AvgIpc) is 1.63. The van der Waals surface area contributed by atoms with Crippen molar-refractivity contribution >= 4 is 53.4 Å². The minimum absolute atomic E-state index is 0.0698. The van der Waals surface area contributed by atoms with E-state index in [4.69, 9.17) is 28.4 Å². The Morgan fingerprint density at radius 2 is 0.644 bits per heavy atom. The molecule has 6 aromatic carbocycles. The number of nitrogens with one attached hydrogen (secondary N) is 6. The van der Waals surface area contributed by atoms with Gasteiger partial charge in [0.2, 0.25) is 17.7 Å². The molecule has 30 heteroatoms. The molecule has 118 heavy (non-hydrogen) atoms. The predicted octanol–water partition coefficient (Wildman–Crippen LogP) is 10.3. The van der Waals surface area contributed by atoms with Gasteiger partial charge in [-0.05, 0) is 96.0 Å². The molecule has 0 radical (unpaired) electrons. The summed E-state index contributed by atoms with van der Waals surface area (Å²) in [6.07, 6.45) is 3.47. The highest BCUT2D eigenvalue weighted by Gasteiger charge is 2.32. The van der Waals surface area contributed by atoms with Crippen LogP contribution in [0.2, 0.25) is 0 Å². The van der Waals surface area contributed by atoms with E-state index in [9.17, 15) is 43.2 Å². The number of carbonyl (C=O) groups is 9. The third kappa shape index (κ3) is 25.7. The van der Waals surface area contributed by atoms with Crippen molar-refractivity contribution in [3.8, 4) is 68.3 Å². The Morgan fingerprint density at radius 1 is 0.356 bits per heavy atom. The van der Waals surface area contributed by atoms with Gasteiger partial charge in [0, 0.05) is 32.4 Å². The van der Waals surface area contributed by atoms with Crippen LogP contribution in [0.4, 0.5) is 0 Å². The summed E-state index contributed by atoms with van der Waals surface area (Å²) in [5.74, 6) is -0.586. The first kappa shape index (κ1) is 92.2. The largest absolute Gasteiger partial charge is 0.496 e. The highest BCUT2D eigenvalue weighted by atomic mass is 16.5. The molecule has 0 aliphatic carbocycles. The Morgan fingerprint density at radius 3 is 0.924 bits per heavy atom. The molecular weight excluding hydrogens is 1510 g/mol. The van der Waals surface area contributed by atoms with Crippen LogP contribution in [0.25, 0.3) is 33.8 Å². The lowest BCUT2D eigenvalue weighted by atomic mass is 10.0. The Kier molecular flexibility index (Phi) is 36.3. The number of methoxy groups -OCH3 is 9. The van der Waals surface area contributed by atoms with Gasteiger partial charge in [-0.1, -0.05) is 170 Å². The van der Waals surface area contributed by atoms with E-state index in [1.54, 1.807) is 74.9 Å². The molecule has 0 saturated carbocycles. The molecule has 2 unspecified atom stereocenters. The molecule has 0 fully saturated rings. The Balaban J connectivity index is 0.000000244. The fourth-order valence-electron chi connectivity index (χ4n) is 12.5. The highest BCUT2D eigenvalue weighted by Crippen LogP contribution is 2.43. The van der Waals surface area contributed by atoms with Crippen LogP contribution in [-0.4, -0.2) is 184 Å². The molecule has 0 aliphatic rings. The zero-order valence-corrected chi connectivity index (χ0v) is 69.9. The topological polar surface area (TPSA) is 362 Å². The fraction of sp³-hybridized carbons (Fsp3) is 0.386. The molecule has 0 aliphatic heterocycles. The van der Waals surface area contributed by atoms with Crippen LogP contribution >= 0.6 is 0 Å². The third-order valence-corrected chi connectivity index (χ3v) is 19.8. The summed E-state index contributed by atoms with van der Waals surface area (Å²) in [4.78, 5) is 114. The average molecular weight is 1620 g/mol. The van der Waals surface area contributed by atoms with Crippen LogP contribution in [-0.2, 0) is 75.3 Å². The molecule has 9 aromatic rings. The van der Waals surface area contributed by atoms with E-state index in [1.807, 2.05) is 153 Å². The number of amides is 6. The van der Waals surface area contributed by atoms with Gasteiger partial charge in [-0.25, -0.2) is 0 Å². The lowest BCUT2D eigenvalue weighted by Crippen LogP contribution is -2.49. The molecule has 6 N–H and O–H groups in total. The fourth-order valence-corrected chi connectivity index (χ4v) is 12.5. The number of ether oxygens (including phenoxy) is 9. The van der Waals surface area contributed by atoms with Crippen molar-refractivity contribution in [3.63, 3.8) is 0 Å². The molecule has 5 atom stereocenters. The number of carbonyl (C=O) groups excluding carboxylic acids is 9. The van der Waals surface area contributed by atoms with Crippen LogP contribution in [0.15, 0.2) is 164 Å². The lowest BCUT2D eigenvalue weighted by Gasteiger charge is -2.21. The number of nitrogens with zero attached hydrogens (tertiary/aromatic N) is 6. The monoisotopic (exact) mass is 1620 g/mol. The molecule has 3 aromatic heterocycles. The highest BCUT2D eigenvalue weighted by molar-refractivity contribution is 6.00. The molecule has 9 rings (SSSR count). The van der Waals surface area contributed by atoms with E-state index in [-0.39, 0.29) is 73.9 Å². The Bertz CT molecular complexity index is 4730. The number of aromatic nitrogens is 6. The normalized spacial score (nSPS) is 12.1. The van der Waals surface area contributed by atoms with Gasteiger partial charge >= 0.3 is 17.9 Å². The summed E-state index contributed by atoms with van der Waals surface area (Å²) in [6.45, 7) is 14.8. The first-order valence-electron chi connectivity index (χ1n) is 38.8. The molecule has 6 amide bonds. The maximum absolute atomic E-state index is 13.6. The standard InChI is InChI=1S/C30H38N4O6.2C29H36N4O6/c1-6-20(7-2)19-34-24(28-25(38-3)14-11-15-26(28)39-4)17-23(33-34)30(37)32-22(16-21-12-9-8-10-13-21)29(36)31-18-27(35)40-5;1-18(2)19(3)33-23(27-24(37-4)13-10-14-25(27)38-5)16-22(32-33)29(36)31-21(15-20-11-8-7-9-12-20)28(35)30-17-26(34)39-6;1-6-19(2)18-33-23(27-24(37-3)13-10-14-25(27)38-4)16-22(32-33)29(36)31-21(15-20-11-8-7-9-12-20)28(35)30-17-26(34)39-5/h8-15,17,20,22H,6-7,16,18-19H2,1-5H3,(H,31,36)(H,32,37);7-14,16,18-19,21H,15,17H2,1-6H3,(H,30,35)(H,31,36);7-14,16,19,21H,6,15,17-18H2,1-5H3,(H,30,35)(H,31,36)/t22-;2*19?,21-/m000/s1. The van der Waals surface area contributed by atoms with Crippen molar-refractivity contribution in [3.05, 3.63) is 198 Å². The maximum atomic E-state index is 13.6. The zero-order valence-electron chi connectivity index (χ0n) is 69.9. The summed E-state index contributed by atoms with van der Waals surface area (Å²) >= 11 is 0. The number of hydrogen-bond donors (Lipinski definition) is 6. The Hall–Kier alpha value is -13.0. The van der Waals surface area contributed by atoms with Crippen LogP contribution < -0.4 is 60.3 Å². The van der Waals surface area contributed by atoms with Crippen molar-refractivity contribution in [2.24, 2.45) is 17.8 Å². The predicted molar refractivity (Wildman–Crippen MR) is 445 cm³/mol. The van der Waals surface area contributed by atoms with Gasteiger partial charge in [0.25, 0.3) is 17.7 Å². The van der Waals surface area contributed by atoms with Crippen molar-refractivity contribution in [1.82, 2.24) is 61.2 Å². The van der Waals surface area contributed by atoms with Crippen molar-refractivity contribution in [1.29, 1.82) is 0 Å². The van der Waals surface area contributed by atoms with Crippen molar-refractivity contribution < 1.29 is 85.8 Å². The van der Waals surface area contributed by atoms with Gasteiger partial charge < -0.3 is 74.5 Å². The van der Waals surface area contributed by atoms with Crippen LogP contribution in [0.1, 0.15) is 122 Å². The summed E-state index contributed by atoms with van der Waals surface area (Å²) in [6, 6.07) is 46.4. The van der Waals surface area contributed by atoms with Gasteiger partial charge in [0.1, 0.15) is 72.3 Å². The van der Waals surface area contributed by atoms with E-state index in [1.165, 1.54) is 21.3 Å². The van der Waals surface area contributed by atoms with Crippen LogP contribution in [0.3, 0.4) is 0 Å². The molecular formula is C88H110N12O18. The summed E-state index contributed by atoms with van der Waals surface area (Å²) in [5.41, 5.74) is 6.94. The maximum Gasteiger partial charge on any atom is 0.325 e. The zero-order chi connectivity index (χ0) is 86.0. The van der Waals surface area contributed by atoms with E-state index < -0.39 is 71.5 Å². The van der Waals surface area contributed by atoms with Gasteiger partial charge in [-0.3, -0.25) is 57.2 Å². The molecule has 30 nitrogen and oxygen atoms in total. The first-order valence-corrected chi connectivity index (χ1v) is 38.8. The van der Waals surface area contributed by atoms with E-state index >= 15 is 0 Å². The molecule has 0 saturated heterocycles. The number of esters is 3. The quantitative estimate of drug-likeness (QED) is 0.0154. The van der Waals surface area contributed by atoms with E-state index in [2.05, 4.69) is 103 Å². The summed E-state index contributed by atoms with van der Waals surface area (Å²) < 4.78 is 52.9.